The van der Waals surface area contributed by atoms with Gasteiger partial charge in [0.15, 0.2) is 9.84 Å². The van der Waals surface area contributed by atoms with Crippen LogP contribution in [0.25, 0.3) is 0 Å². The predicted molar refractivity (Wildman–Crippen MR) is 117 cm³/mol. The van der Waals surface area contributed by atoms with Crippen LogP contribution >= 0.6 is 11.3 Å². The van der Waals surface area contributed by atoms with Gasteiger partial charge in [0.25, 0.3) is 0 Å². The Kier molecular flexibility index (Phi) is 7.61. The number of rotatable bonds is 4. The fraction of sp³-hybridized carbons (Fsp3) is 0.190. The van der Waals surface area contributed by atoms with Gasteiger partial charge in [-0.05, 0) is 30.3 Å². The average molecular weight is 529 g/mol. The first-order valence-electron chi connectivity index (χ1n) is 9.57. The van der Waals surface area contributed by atoms with Crippen molar-refractivity contribution in [1.82, 2.24) is 4.98 Å². The Labute approximate surface area is 200 Å². The van der Waals surface area contributed by atoms with Crippen LogP contribution in [-0.4, -0.2) is 43.8 Å². The lowest BCUT2D eigenvalue weighted by Crippen LogP contribution is -2.28. The summed E-state index contributed by atoms with van der Waals surface area (Å²) in [5.74, 6) is -3.08. The Balaban J connectivity index is 0.000000429. The van der Waals surface area contributed by atoms with Crippen LogP contribution in [0.2, 0.25) is 0 Å². The maximum atomic E-state index is 13.6. The van der Waals surface area contributed by atoms with Crippen LogP contribution < -0.4 is 9.64 Å². The number of aromatic nitrogens is 1. The molecule has 1 aromatic heterocycles. The first-order chi connectivity index (χ1) is 16.4. The highest BCUT2D eigenvalue weighted by Gasteiger charge is 2.38. The third-order valence-corrected chi connectivity index (χ3v) is 7.16. The van der Waals surface area contributed by atoms with Gasteiger partial charge in [0.2, 0.25) is 0 Å². The number of hydrogen-bond acceptors (Lipinski definition) is 8. The summed E-state index contributed by atoms with van der Waals surface area (Å²) in [5.41, 5.74) is 1.25. The third-order valence-electron chi connectivity index (χ3n) is 4.58. The largest absolute Gasteiger partial charge is 0.490 e. The molecule has 0 amide bonds. The van der Waals surface area contributed by atoms with Crippen LogP contribution in [-0.2, 0) is 20.4 Å². The van der Waals surface area contributed by atoms with Crippen LogP contribution in [0.15, 0.2) is 52.9 Å². The van der Waals surface area contributed by atoms with Gasteiger partial charge in [0.05, 0.1) is 22.7 Å². The number of alkyl halides is 3. The second kappa shape index (κ2) is 10.3. The highest BCUT2D eigenvalue weighted by Crippen LogP contribution is 2.39. The Morgan fingerprint density at radius 2 is 1.97 bits per heavy atom. The molecule has 0 saturated carbocycles. The van der Waals surface area contributed by atoms with E-state index in [1.54, 1.807) is 23.7 Å². The van der Waals surface area contributed by atoms with Gasteiger partial charge in [-0.15, -0.1) is 11.3 Å². The summed E-state index contributed by atoms with van der Waals surface area (Å²) < 4.78 is 76.4. The zero-order valence-corrected chi connectivity index (χ0v) is 19.1. The molecule has 2 heterocycles. The second-order valence-electron chi connectivity index (χ2n) is 6.89. The minimum atomic E-state index is -5.08. The third kappa shape index (κ3) is 6.25. The van der Waals surface area contributed by atoms with E-state index in [1.807, 2.05) is 11.0 Å². The van der Waals surface area contributed by atoms with E-state index in [1.165, 1.54) is 35.6 Å². The fourth-order valence-electron chi connectivity index (χ4n) is 3.00. The molecule has 1 aliphatic heterocycles. The van der Waals surface area contributed by atoms with Crippen molar-refractivity contribution >= 4 is 38.5 Å². The van der Waals surface area contributed by atoms with Crippen molar-refractivity contribution in [1.29, 1.82) is 5.26 Å². The number of sulfone groups is 1. The molecule has 4 rings (SSSR count). The molecule has 35 heavy (non-hydrogen) atoms. The van der Waals surface area contributed by atoms with Crippen LogP contribution in [0.1, 0.15) is 10.6 Å². The maximum Gasteiger partial charge on any atom is 0.490 e. The summed E-state index contributed by atoms with van der Waals surface area (Å²) >= 11 is 1.29. The topological polar surface area (TPSA) is 121 Å². The van der Waals surface area contributed by atoms with Gasteiger partial charge in [-0.2, -0.15) is 18.4 Å². The van der Waals surface area contributed by atoms with Crippen LogP contribution in [0, 0.1) is 17.1 Å². The lowest BCUT2D eigenvalue weighted by atomic mass is 10.1. The lowest BCUT2D eigenvalue weighted by Gasteiger charge is -2.31. The average Bonchev–Trinajstić information content (AvgIpc) is 3.31. The van der Waals surface area contributed by atoms with E-state index in [2.05, 4.69) is 4.98 Å². The Hall–Kier alpha value is -3.70. The molecule has 184 valence electrons. The van der Waals surface area contributed by atoms with E-state index in [0.29, 0.717) is 35.3 Å². The summed E-state index contributed by atoms with van der Waals surface area (Å²) in [6.45, 7) is 0.830. The number of ether oxygens (including phenoxy) is 1. The smallest absolute Gasteiger partial charge is 0.489 e. The van der Waals surface area contributed by atoms with Gasteiger partial charge in [-0.25, -0.2) is 22.6 Å². The molecule has 0 saturated heterocycles. The van der Waals surface area contributed by atoms with Gasteiger partial charge in [-0.3, -0.25) is 0 Å². The maximum absolute atomic E-state index is 13.6. The van der Waals surface area contributed by atoms with Gasteiger partial charge < -0.3 is 14.7 Å². The molecule has 1 N–H and O–H groups in total. The molecule has 14 heteroatoms. The predicted octanol–water partition coefficient (Wildman–Crippen LogP) is 4.29. The molecular formula is C21H15F4N3O5S2. The zero-order chi connectivity index (χ0) is 25.8. The number of carboxylic acids is 1. The molecule has 0 atom stereocenters. The molecule has 8 nitrogen and oxygen atoms in total. The second-order valence-corrected chi connectivity index (χ2v) is 9.86. The monoisotopic (exact) mass is 529 g/mol. The number of nitrogens with zero attached hydrogens (tertiary/aromatic N) is 3. The number of thiazole rings is 1. The lowest BCUT2D eigenvalue weighted by molar-refractivity contribution is -0.192. The van der Waals surface area contributed by atoms with Crippen molar-refractivity contribution in [3.05, 3.63) is 64.4 Å². The molecule has 0 fully saturated rings. The van der Waals surface area contributed by atoms with Crippen molar-refractivity contribution in [2.75, 3.05) is 18.1 Å². The number of halogens is 4. The summed E-state index contributed by atoms with van der Waals surface area (Å²) in [6, 6.07) is 10.8. The molecule has 1 aliphatic rings. The molecule has 3 aromatic rings. The molecule has 0 aliphatic carbocycles. The van der Waals surface area contributed by atoms with E-state index < -0.39 is 27.8 Å². The molecule has 2 aromatic carbocycles. The number of aliphatic carboxylic acids is 1. The Morgan fingerprint density at radius 1 is 1.26 bits per heavy atom. The van der Waals surface area contributed by atoms with Crippen molar-refractivity contribution < 1.29 is 40.6 Å². The number of nitriles is 1. The van der Waals surface area contributed by atoms with Crippen molar-refractivity contribution in [3.63, 3.8) is 0 Å². The molecule has 0 unspecified atom stereocenters. The van der Waals surface area contributed by atoms with Gasteiger partial charge in [0.1, 0.15) is 35.0 Å². The van der Waals surface area contributed by atoms with E-state index in [4.69, 9.17) is 19.9 Å². The highest BCUT2D eigenvalue weighted by atomic mass is 32.2. The minimum absolute atomic E-state index is 0.0480. The van der Waals surface area contributed by atoms with E-state index in [0.717, 1.165) is 0 Å². The molecule has 0 bridgehead atoms. The van der Waals surface area contributed by atoms with E-state index >= 15 is 0 Å². The molecular weight excluding hydrogens is 514 g/mol. The first kappa shape index (κ1) is 25.9. The fourth-order valence-corrected chi connectivity index (χ4v) is 5.27. The number of carboxylic acid groups (broad SMARTS) is 1. The summed E-state index contributed by atoms with van der Waals surface area (Å²) in [4.78, 5) is 15.0. The number of fused-ring (bicyclic) bond motifs is 1. The standard InChI is InChI=1S/C19H14FN3O3S2.C2HF3O2/c20-16-3-1-14(9-13(16)11-21)23-6-7-26-18-10-15(2-4-17(18)23)28(24,25)12-19-22-5-8-27-19;3-2(4,5)1(6)7/h1-5,8-10H,6-7,12H2;(H,6,7). The zero-order valence-electron chi connectivity index (χ0n) is 17.5. The van der Waals surface area contributed by atoms with Gasteiger partial charge in [0, 0.05) is 23.3 Å². The number of hydrogen-bond donors (Lipinski definition) is 1. The normalized spacial score (nSPS) is 13.1. The molecule has 0 radical (unpaired) electrons. The first-order valence-corrected chi connectivity index (χ1v) is 12.1. The summed E-state index contributed by atoms with van der Waals surface area (Å²) in [6.07, 6.45) is -3.51. The van der Waals surface area contributed by atoms with E-state index in [9.17, 15) is 26.0 Å². The number of carbonyl (C=O) groups is 1. The van der Waals surface area contributed by atoms with Crippen LogP contribution in [0.4, 0.5) is 28.9 Å². The van der Waals surface area contributed by atoms with Gasteiger partial charge in [-0.1, -0.05) is 0 Å². The SMILES string of the molecule is N#Cc1cc(N2CCOc3cc(S(=O)(=O)Cc4nccs4)ccc32)ccc1F.O=C(O)C(F)(F)F. The van der Waals surface area contributed by atoms with Crippen molar-refractivity contribution in [2.45, 2.75) is 16.8 Å². The van der Waals surface area contributed by atoms with Crippen LogP contribution in [0.3, 0.4) is 0 Å². The summed E-state index contributed by atoms with van der Waals surface area (Å²) in [5, 5.41) is 18.4. The number of benzene rings is 2. The Morgan fingerprint density at radius 3 is 2.57 bits per heavy atom. The van der Waals surface area contributed by atoms with Crippen molar-refractivity contribution in [3.8, 4) is 11.8 Å². The number of anilines is 2. The molecule has 0 spiro atoms. The highest BCUT2D eigenvalue weighted by molar-refractivity contribution is 7.90. The van der Waals surface area contributed by atoms with Gasteiger partial charge >= 0.3 is 12.1 Å². The quantitative estimate of drug-likeness (QED) is 0.497. The summed E-state index contributed by atoms with van der Waals surface area (Å²) in [7, 11) is -3.56. The van der Waals surface area contributed by atoms with Crippen molar-refractivity contribution in [2.24, 2.45) is 0 Å². The minimum Gasteiger partial charge on any atom is -0.489 e. The van der Waals surface area contributed by atoms with Crippen LogP contribution in [0.5, 0.6) is 5.75 Å². The Bertz CT molecular complexity index is 1370. The van der Waals surface area contributed by atoms with E-state index in [-0.39, 0.29) is 16.2 Å².